The van der Waals surface area contributed by atoms with Crippen molar-refractivity contribution < 1.29 is 9.18 Å². The molecule has 0 N–H and O–H groups in total. The molecule has 3 nitrogen and oxygen atoms in total. The molecule has 0 radical (unpaired) electrons. The smallest absolute Gasteiger partial charge is 0.144 e. The fraction of sp³-hybridized carbons (Fsp3) is 0.440. The molecule has 1 fully saturated rings. The van der Waals surface area contributed by atoms with Crippen molar-refractivity contribution in [2.75, 3.05) is 0 Å². The summed E-state index contributed by atoms with van der Waals surface area (Å²) in [6.45, 7) is 8.21. The fourth-order valence-corrected chi connectivity index (χ4v) is 4.33. The monoisotopic (exact) mass is 428 g/mol. The molecule has 1 aromatic heterocycles. The Bertz CT molecular complexity index is 1020. The molecule has 5 heteroatoms. The molecule has 0 bridgehead atoms. The van der Waals surface area contributed by atoms with Crippen molar-refractivity contribution in [3.63, 3.8) is 0 Å². The Kier molecular flexibility index (Phi) is 6.97. The Morgan fingerprint density at radius 2 is 1.93 bits per heavy atom. The van der Waals surface area contributed by atoms with Crippen LogP contribution in [0.15, 0.2) is 42.5 Å². The van der Waals surface area contributed by atoms with Crippen LogP contribution in [0, 0.1) is 12.7 Å². The molecule has 1 atom stereocenters. The van der Waals surface area contributed by atoms with Crippen molar-refractivity contribution in [2.24, 2.45) is 0 Å². The van der Waals surface area contributed by atoms with Crippen LogP contribution in [0.25, 0.3) is 11.0 Å². The van der Waals surface area contributed by atoms with Crippen LogP contribution in [0.5, 0.6) is 0 Å². The molecule has 1 saturated carbocycles. The van der Waals surface area contributed by atoms with Gasteiger partial charge in [-0.2, -0.15) is 0 Å². The number of carbonyl (C=O) groups excluding carboxylic acids is 1. The number of nitrogens with zero attached hydrogens (tertiary/aromatic N) is 2. The van der Waals surface area contributed by atoms with Crippen LogP contribution in [0.4, 0.5) is 4.39 Å². The molecule has 0 amide bonds. The minimum atomic E-state index is -0.400. The maximum absolute atomic E-state index is 13.4. The summed E-state index contributed by atoms with van der Waals surface area (Å²) >= 11 is 5.86. The average Bonchev–Trinajstić information content (AvgIpc) is 3.02. The zero-order chi connectivity index (χ0) is 21.9. The number of aromatic nitrogens is 2. The highest BCUT2D eigenvalue weighted by Crippen LogP contribution is 2.42. The van der Waals surface area contributed by atoms with Gasteiger partial charge >= 0.3 is 0 Å². The normalized spacial score (nSPS) is 15.8. The van der Waals surface area contributed by atoms with Crippen LogP contribution in [-0.4, -0.2) is 15.3 Å². The largest absolute Gasteiger partial charge is 0.322 e. The zero-order valence-corrected chi connectivity index (χ0v) is 19.0. The van der Waals surface area contributed by atoms with E-state index in [9.17, 15) is 9.18 Å². The predicted octanol–water partition coefficient (Wildman–Crippen LogP) is 7.20. The van der Waals surface area contributed by atoms with E-state index in [0.717, 1.165) is 24.2 Å². The first-order valence-electron chi connectivity index (χ1n) is 10.7. The fourth-order valence-electron chi connectivity index (χ4n) is 4.17. The Hall–Kier alpha value is -2.20. The lowest BCUT2D eigenvalue weighted by molar-refractivity contribution is -0.119. The summed E-state index contributed by atoms with van der Waals surface area (Å²) in [5, 5.41) is 0.168. The van der Waals surface area contributed by atoms with E-state index < -0.39 is 5.82 Å². The number of imidazole rings is 1. The molecular weight excluding hydrogens is 399 g/mol. The molecule has 0 spiro atoms. The summed E-state index contributed by atoms with van der Waals surface area (Å²) in [5.41, 5.74) is 3.01. The number of aryl methyl sites for hydroxylation is 1. The number of halogens is 2. The second-order valence-electron chi connectivity index (χ2n) is 8.51. The number of fused-ring (bicyclic) bond motifs is 1. The van der Waals surface area contributed by atoms with Gasteiger partial charge in [0, 0.05) is 24.4 Å². The minimum absolute atomic E-state index is 0.125. The Balaban J connectivity index is 0.000000178. The van der Waals surface area contributed by atoms with E-state index in [1.165, 1.54) is 18.1 Å². The summed E-state index contributed by atoms with van der Waals surface area (Å²) in [4.78, 5) is 15.6. The van der Waals surface area contributed by atoms with E-state index in [1.807, 2.05) is 32.0 Å². The maximum Gasteiger partial charge on any atom is 0.144 e. The molecule has 1 aliphatic rings. The highest BCUT2D eigenvalue weighted by atomic mass is 35.5. The summed E-state index contributed by atoms with van der Waals surface area (Å²) in [6.07, 6.45) is 4.85. The Morgan fingerprint density at radius 3 is 2.50 bits per heavy atom. The van der Waals surface area contributed by atoms with E-state index in [0.29, 0.717) is 30.1 Å². The number of benzene rings is 2. The summed E-state index contributed by atoms with van der Waals surface area (Å²) < 4.78 is 15.6. The van der Waals surface area contributed by atoms with E-state index in [2.05, 4.69) is 35.5 Å². The lowest BCUT2D eigenvalue weighted by Gasteiger charge is -2.41. The number of Topliss-reactive ketones (excluding diaryl/α,β-unsaturated/α-hetero) is 1. The Labute approximate surface area is 183 Å². The topological polar surface area (TPSA) is 34.9 Å². The lowest BCUT2D eigenvalue weighted by Crippen LogP contribution is -2.37. The van der Waals surface area contributed by atoms with Crippen LogP contribution in [0.3, 0.4) is 0 Å². The van der Waals surface area contributed by atoms with Crippen LogP contribution in [0.2, 0.25) is 5.02 Å². The first-order chi connectivity index (χ1) is 14.2. The van der Waals surface area contributed by atoms with Gasteiger partial charge in [-0.1, -0.05) is 55.8 Å². The van der Waals surface area contributed by atoms with E-state index >= 15 is 0 Å². The van der Waals surface area contributed by atoms with E-state index in [4.69, 9.17) is 11.6 Å². The third-order valence-corrected chi connectivity index (χ3v) is 6.42. The summed E-state index contributed by atoms with van der Waals surface area (Å²) in [6, 6.07) is 13.3. The maximum atomic E-state index is 13.4. The van der Waals surface area contributed by atoms with E-state index in [-0.39, 0.29) is 10.6 Å². The van der Waals surface area contributed by atoms with Crippen molar-refractivity contribution in [3.05, 3.63) is 64.7 Å². The lowest BCUT2D eigenvalue weighted by atomic mass is 9.78. The number of rotatable bonds is 5. The van der Waals surface area contributed by atoms with Gasteiger partial charge in [-0.25, -0.2) is 9.37 Å². The summed E-state index contributed by atoms with van der Waals surface area (Å²) in [5.74, 6) is 1.23. The van der Waals surface area contributed by atoms with Crippen molar-refractivity contribution >= 4 is 28.4 Å². The van der Waals surface area contributed by atoms with Crippen LogP contribution < -0.4 is 0 Å². The van der Waals surface area contributed by atoms with Gasteiger partial charge in [-0.05, 0) is 50.7 Å². The van der Waals surface area contributed by atoms with Gasteiger partial charge < -0.3 is 4.57 Å². The molecule has 1 aliphatic carbocycles. The van der Waals surface area contributed by atoms with Crippen molar-refractivity contribution in [1.82, 2.24) is 9.55 Å². The molecule has 2 aromatic carbocycles. The van der Waals surface area contributed by atoms with Crippen LogP contribution in [0.1, 0.15) is 70.2 Å². The van der Waals surface area contributed by atoms with E-state index in [1.54, 1.807) is 6.07 Å². The number of hydrogen-bond donors (Lipinski definition) is 0. The van der Waals surface area contributed by atoms with Crippen LogP contribution >= 0.6 is 11.6 Å². The zero-order valence-electron chi connectivity index (χ0n) is 18.2. The number of carbonyl (C=O) groups is 1. The predicted molar refractivity (Wildman–Crippen MR) is 122 cm³/mol. The highest BCUT2D eigenvalue weighted by molar-refractivity contribution is 6.31. The van der Waals surface area contributed by atoms with Crippen LogP contribution in [-0.2, 0) is 10.3 Å². The molecule has 1 heterocycles. The molecule has 160 valence electrons. The average molecular weight is 429 g/mol. The van der Waals surface area contributed by atoms with Gasteiger partial charge in [0.15, 0.2) is 0 Å². The number of hydrogen-bond acceptors (Lipinski definition) is 2. The molecule has 1 unspecified atom stereocenters. The molecule has 3 aromatic rings. The third-order valence-electron chi connectivity index (χ3n) is 6.13. The van der Waals surface area contributed by atoms with Gasteiger partial charge in [0.25, 0.3) is 0 Å². The Morgan fingerprint density at radius 1 is 1.27 bits per heavy atom. The quantitative estimate of drug-likeness (QED) is 0.430. The van der Waals surface area contributed by atoms with Crippen molar-refractivity contribution in [1.29, 1.82) is 0 Å². The molecule has 0 saturated heterocycles. The van der Waals surface area contributed by atoms with Crippen molar-refractivity contribution in [2.45, 2.75) is 71.3 Å². The van der Waals surface area contributed by atoms with Gasteiger partial charge in [-0.3, -0.25) is 4.79 Å². The second kappa shape index (κ2) is 9.30. The first kappa shape index (κ1) is 22.5. The molecule has 30 heavy (non-hydrogen) atoms. The molecule has 4 rings (SSSR count). The molecular formula is C25H30ClFN2O. The summed E-state index contributed by atoms with van der Waals surface area (Å²) in [7, 11) is 0. The van der Waals surface area contributed by atoms with Gasteiger partial charge in [-0.15, -0.1) is 0 Å². The van der Waals surface area contributed by atoms with Gasteiger partial charge in [0.2, 0.25) is 0 Å². The highest BCUT2D eigenvalue weighted by Gasteiger charge is 2.36. The number of ketones is 1. The van der Waals surface area contributed by atoms with Crippen molar-refractivity contribution in [3.8, 4) is 0 Å². The standard InChI is InChI=1S/C13H14ClFN2.C12H16O/c1-8-16-11-7-10(15)9(14)6-12(11)17(8)13(2)4-3-5-13;1-3-12(13)9-10(2)11-7-5-4-6-8-11/h6-7H,3-5H2,1-2H3;4-8,10H,3,9H2,1-2H3. The minimum Gasteiger partial charge on any atom is -0.322 e. The van der Waals surface area contributed by atoms with Gasteiger partial charge in [0.05, 0.1) is 16.1 Å². The van der Waals surface area contributed by atoms with Gasteiger partial charge in [0.1, 0.15) is 17.4 Å². The molecule has 0 aliphatic heterocycles. The SMILES string of the molecule is CCC(=O)CC(C)c1ccccc1.Cc1nc2cc(F)c(Cl)cc2n1C1(C)CCC1. The first-order valence-corrected chi connectivity index (χ1v) is 11.0. The second-order valence-corrected chi connectivity index (χ2v) is 8.92. The third kappa shape index (κ3) is 4.75.